The first-order valence-corrected chi connectivity index (χ1v) is 3.88. The number of carbonyl (C=O) groups is 2. The SMILES string of the molecule is O=C([O-])CNC(=O)/C=C/c1ccco1. The Kier molecular flexibility index (Phi) is 3.49. The van der Waals surface area contributed by atoms with Gasteiger partial charge in [0, 0.05) is 6.08 Å². The first-order valence-electron chi connectivity index (χ1n) is 3.88. The van der Waals surface area contributed by atoms with Crippen LogP contribution in [-0.4, -0.2) is 18.4 Å². The van der Waals surface area contributed by atoms with Gasteiger partial charge in [-0.3, -0.25) is 4.79 Å². The second-order valence-electron chi connectivity index (χ2n) is 2.44. The lowest BCUT2D eigenvalue weighted by atomic mass is 10.4. The van der Waals surface area contributed by atoms with Crippen molar-refractivity contribution in [1.29, 1.82) is 0 Å². The number of nitrogens with one attached hydrogen (secondary N) is 1. The molecule has 0 radical (unpaired) electrons. The summed E-state index contributed by atoms with van der Waals surface area (Å²) in [5.74, 6) is -1.32. The number of aliphatic carboxylic acids is 1. The molecule has 0 aliphatic heterocycles. The molecular formula is C9H8NO4-. The Balaban J connectivity index is 2.37. The number of carboxylic acids is 1. The summed E-state index contributed by atoms with van der Waals surface area (Å²) in [5.41, 5.74) is 0. The second-order valence-corrected chi connectivity index (χ2v) is 2.44. The van der Waals surface area contributed by atoms with Crippen molar-refractivity contribution < 1.29 is 19.1 Å². The largest absolute Gasteiger partial charge is 0.548 e. The predicted octanol–water partition coefficient (Wildman–Crippen LogP) is -0.841. The zero-order valence-corrected chi connectivity index (χ0v) is 7.23. The summed E-state index contributed by atoms with van der Waals surface area (Å²) in [6, 6.07) is 3.35. The number of hydrogen-bond acceptors (Lipinski definition) is 4. The topological polar surface area (TPSA) is 82.4 Å². The molecule has 0 atom stereocenters. The maximum Gasteiger partial charge on any atom is 0.244 e. The number of carbonyl (C=O) groups excluding carboxylic acids is 2. The van der Waals surface area contributed by atoms with Crippen LogP contribution in [0, 0.1) is 0 Å². The number of carboxylic acid groups (broad SMARTS) is 1. The molecule has 0 unspecified atom stereocenters. The highest BCUT2D eigenvalue weighted by Crippen LogP contribution is 2.01. The zero-order chi connectivity index (χ0) is 10.4. The predicted molar refractivity (Wildman–Crippen MR) is 45.8 cm³/mol. The highest BCUT2D eigenvalue weighted by atomic mass is 16.4. The molecule has 5 nitrogen and oxygen atoms in total. The fourth-order valence-electron chi connectivity index (χ4n) is 0.762. The van der Waals surface area contributed by atoms with E-state index in [0.29, 0.717) is 5.76 Å². The van der Waals surface area contributed by atoms with Crippen LogP contribution in [0.5, 0.6) is 0 Å². The third-order valence-corrected chi connectivity index (χ3v) is 1.35. The third kappa shape index (κ3) is 3.57. The molecule has 14 heavy (non-hydrogen) atoms. The van der Waals surface area contributed by atoms with Gasteiger partial charge >= 0.3 is 0 Å². The summed E-state index contributed by atoms with van der Waals surface area (Å²) in [6.45, 7) is -0.499. The monoisotopic (exact) mass is 194 g/mol. The van der Waals surface area contributed by atoms with Crippen molar-refractivity contribution in [2.24, 2.45) is 0 Å². The minimum Gasteiger partial charge on any atom is -0.548 e. The number of amides is 1. The van der Waals surface area contributed by atoms with Gasteiger partial charge in [0.15, 0.2) is 0 Å². The lowest BCUT2D eigenvalue weighted by Gasteiger charge is -2.01. The van der Waals surface area contributed by atoms with Gasteiger partial charge in [0.25, 0.3) is 0 Å². The van der Waals surface area contributed by atoms with Crippen molar-refractivity contribution in [2.45, 2.75) is 0 Å². The normalized spacial score (nSPS) is 10.3. The molecule has 0 aromatic carbocycles. The smallest absolute Gasteiger partial charge is 0.244 e. The fourth-order valence-corrected chi connectivity index (χ4v) is 0.762. The molecule has 0 saturated heterocycles. The van der Waals surface area contributed by atoms with Crippen LogP contribution in [0.2, 0.25) is 0 Å². The molecule has 0 aliphatic rings. The number of rotatable bonds is 4. The molecule has 74 valence electrons. The Bertz CT molecular complexity index is 340. The Morgan fingerprint density at radius 2 is 2.36 bits per heavy atom. The Labute approximate surface area is 80.0 Å². The van der Waals surface area contributed by atoms with E-state index in [4.69, 9.17) is 4.42 Å². The lowest BCUT2D eigenvalue weighted by Crippen LogP contribution is -2.36. The molecule has 0 saturated carbocycles. The fraction of sp³-hybridized carbons (Fsp3) is 0.111. The van der Waals surface area contributed by atoms with E-state index in [2.05, 4.69) is 5.32 Å². The van der Waals surface area contributed by atoms with Crippen LogP contribution >= 0.6 is 0 Å². The van der Waals surface area contributed by atoms with Crippen LogP contribution in [0.4, 0.5) is 0 Å². The van der Waals surface area contributed by atoms with Crippen molar-refractivity contribution in [2.75, 3.05) is 6.54 Å². The maximum atomic E-state index is 10.9. The van der Waals surface area contributed by atoms with Crippen LogP contribution in [-0.2, 0) is 9.59 Å². The standard InChI is InChI=1S/C9H9NO4/c11-8(10-6-9(12)13)4-3-7-2-1-5-14-7/h1-5H,6H2,(H,10,11)(H,12,13)/p-1/b4-3+. The van der Waals surface area contributed by atoms with E-state index in [9.17, 15) is 14.7 Å². The Hall–Kier alpha value is -2.04. The molecular weight excluding hydrogens is 186 g/mol. The molecule has 5 heteroatoms. The first kappa shape index (κ1) is 10.0. The van der Waals surface area contributed by atoms with Crippen LogP contribution in [0.25, 0.3) is 6.08 Å². The molecule has 1 amide bonds. The Morgan fingerprint density at radius 1 is 1.57 bits per heavy atom. The summed E-state index contributed by atoms with van der Waals surface area (Å²) >= 11 is 0. The molecule has 0 fully saturated rings. The molecule has 1 aromatic heterocycles. The quantitative estimate of drug-likeness (QED) is 0.633. The summed E-state index contributed by atoms with van der Waals surface area (Å²) in [4.78, 5) is 20.9. The lowest BCUT2D eigenvalue weighted by molar-refractivity contribution is -0.303. The maximum absolute atomic E-state index is 10.9. The van der Waals surface area contributed by atoms with E-state index in [1.165, 1.54) is 18.4 Å². The van der Waals surface area contributed by atoms with E-state index in [1.54, 1.807) is 12.1 Å². The van der Waals surface area contributed by atoms with Gasteiger partial charge in [-0.25, -0.2) is 0 Å². The average molecular weight is 194 g/mol. The van der Waals surface area contributed by atoms with Crippen LogP contribution < -0.4 is 10.4 Å². The molecule has 1 rings (SSSR count). The summed E-state index contributed by atoms with van der Waals surface area (Å²) < 4.78 is 4.91. The van der Waals surface area contributed by atoms with Gasteiger partial charge in [-0.2, -0.15) is 0 Å². The number of furan rings is 1. The van der Waals surface area contributed by atoms with Crippen LogP contribution in [0.3, 0.4) is 0 Å². The van der Waals surface area contributed by atoms with Crippen LogP contribution in [0.1, 0.15) is 5.76 Å². The molecule has 0 aliphatic carbocycles. The van der Waals surface area contributed by atoms with Crippen molar-refractivity contribution >= 4 is 18.0 Å². The molecule has 1 heterocycles. The van der Waals surface area contributed by atoms with E-state index in [1.807, 2.05) is 0 Å². The van der Waals surface area contributed by atoms with Gasteiger partial charge in [-0.05, 0) is 18.2 Å². The van der Waals surface area contributed by atoms with E-state index >= 15 is 0 Å². The van der Waals surface area contributed by atoms with E-state index < -0.39 is 18.4 Å². The Morgan fingerprint density at radius 3 is 2.93 bits per heavy atom. The molecule has 1 N–H and O–H groups in total. The van der Waals surface area contributed by atoms with Gasteiger partial charge in [-0.1, -0.05) is 0 Å². The van der Waals surface area contributed by atoms with Crippen molar-refractivity contribution in [3.63, 3.8) is 0 Å². The van der Waals surface area contributed by atoms with Crippen molar-refractivity contribution in [1.82, 2.24) is 5.32 Å². The molecule has 0 spiro atoms. The van der Waals surface area contributed by atoms with E-state index in [-0.39, 0.29) is 0 Å². The van der Waals surface area contributed by atoms with Gasteiger partial charge in [-0.15, -0.1) is 0 Å². The summed E-state index contributed by atoms with van der Waals surface area (Å²) in [7, 11) is 0. The minimum absolute atomic E-state index is 0.499. The number of hydrogen-bond donors (Lipinski definition) is 1. The van der Waals surface area contributed by atoms with Crippen molar-refractivity contribution in [3.8, 4) is 0 Å². The minimum atomic E-state index is -1.33. The van der Waals surface area contributed by atoms with Gasteiger partial charge < -0.3 is 19.6 Å². The summed E-state index contributed by atoms with van der Waals surface area (Å²) in [6.07, 6.45) is 4.09. The van der Waals surface area contributed by atoms with Gasteiger partial charge in [0.05, 0.1) is 18.8 Å². The van der Waals surface area contributed by atoms with Gasteiger partial charge in [0.2, 0.25) is 5.91 Å². The molecule has 0 bridgehead atoms. The van der Waals surface area contributed by atoms with Gasteiger partial charge in [0.1, 0.15) is 5.76 Å². The third-order valence-electron chi connectivity index (χ3n) is 1.35. The van der Waals surface area contributed by atoms with Crippen molar-refractivity contribution in [3.05, 3.63) is 30.2 Å². The highest BCUT2D eigenvalue weighted by Gasteiger charge is 1.94. The highest BCUT2D eigenvalue weighted by molar-refractivity contribution is 5.92. The summed E-state index contributed by atoms with van der Waals surface area (Å²) in [5, 5.41) is 12.1. The first-order chi connectivity index (χ1) is 6.68. The average Bonchev–Trinajstić information content (AvgIpc) is 2.63. The molecule has 1 aromatic rings. The zero-order valence-electron chi connectivity index (χ0n) is 7.23. The van der Waals surface area contributed by atoms with E-state index in [0.717, 1.165) is 0 Å². The van der Waals surface area contributed by atoms with Crippen LogP contribution in [0.15, 0.2) is 28.9 Å². The second kappa shape index (κ2) is 4.86.